The number of halogens is 1. The number of aliphatic hydroxyl groups excluding tert-OH is 3. The number of nitrogens with one attached hydrogen (secondary N) is 1. The molecule has 3 aromatic rings. The first-order valence-corrected chi connectivity index (χ1v) is 9.59. The lowest BCUT2D eigenvalue weighted by Crippen LogP contribution is -2.33. The van der Waals surface area contributed by atoms with E-state index in [9.17, 15) is 20.4 Å². The normalized spacial score (nSPS) is 24.7. The van der Waals surface area contributed by atoms with E-state index in [4.69, 9.17) is 4.74 Å². The van der Waals surface area contributed by atoms with Crippen LogP contribution in [0.25, 0.3) is 11.2 Å². The molecule has 5 N–H and O–H groups in total. The smallest absolute Gasteiger partial charge is 0.167 e. The summed E-state index contributed by atoms with van der Waals surface area (Å²) in [5.74, 6) is 0.659. The Morgan fingerprint density at radius 1 is 1.18 bits per heavy atom. The lowest BCUT2D eigenvalue weighted by molar-refractivity contribution is -0.0511. The Labute approximate surface area is 173 Å². The number of phenols is 1. The third kappa shape index (κ3) is 3.28. The predicted molar refractivity (Wildman–Crippen MR) is 106 cm³/mol. The first-order chi connectivity index (χ1) is 13.5. The summed E-state index contributed by atoms with van der Waals surface area (Å²) in [4.78, 5) is 12.7. The maximum absolute atomic E-state index is 10.2. The molecule has 28 heavy (non-hydrogen) atoms. The molecule has 4 atom stereocenters. The SMILES string of the molecule is OC[C@H]1OC(n2cnc3c(NCc4cccc(I)c4O)ncnc32)[C@H](O)[C@@H]1O. The molecule has 1 fully saturated rings. The molecule has 148 valence electrons. The lowest BCUT2D eigenvalue weighted by atomic mass is 10.1. The van der Waals surface area contributed by atoms with Gasteiger partial charge in [-0.1, -0.05) is 12.1 Å². The Morgan fingerprint density at radius 2 is 2.00 bits per heavy atom. The molecule has 0 aliphatic carbocycles. The first-order valence-electron chi connectivity index (χ1n) is 8.51. The fraction of sp³-hybridized carbons (Fsp3) is 0.353. The average molecular weight is 499 g/mol. The molecule has 1 saturated heterocycles. The fourth-order valence-corrected chi connectivity index (χ4v) is 3.71. The maximum atomic E-state index is 10.2. The number of phenolic OH excluding ortho intramolecular Hbond substituents is 1. The van der Waals surface area contributed by atoms with Gasteiger partial charge in [0.15, 0.2) is 23.2 Å². The Hall–Kier alpha value is -2.06. The van der Waals surface area contributed by atoms with Crippen LogP contribution in [-0.4, -0.2) is 64.9 Å². The number of hydrogen-bond donors (Lipinski definition) is 5. The van der Waals surface area contributed by atoms with Crippen molar-refractivity contribution >= 4 is 39.6 Å². The molecule has 0 amide bonds. The minimum absolute atomic E-state index is 0.206. The second kappa shape index (κ2) is 7.75. The van der Waals surface area contributed by atoms with Crippen LogP contribution in [0, 0.1) is 3.57 Å². The quantitative estimate of drug-likeness (QED) is 0.314. The number of rotatable bonds is 5. The van der Waals surface area contributed by atoms with Gasteiger partial charge in [0.05, 0.1) is 16.5 Å². The number of aromatic nitrogens is 4. The van der Waals surface area contributed by atoms with E-state index in [1.807, 2.05) is 12.1 Å². The van der Waals surface area contributed by atoms with Crippen molar-refractivity contribution < 1.29 is 25.2 Å². The molecule has 11 heteroatoms. The van der Waals surface area contributed by atoms with Crippen LogP contribution < -0.4 is 5.32 Å². The van der Waals surface area contributed by atoms with Crippen LogP contribution in [-0.2, 0) is 11.3 Å². The van der Waals surface area contributed by atoms with Gasteiger partial charge >= 0.3 is 0 Å². The molecule has 1 aromatic carbocycles. The number of benzene rings is 1. The van der Waals surface area contributed by atoms with Crippen LogP contribution >= 0.6 is 22.6 Å². The molecule has 10 nitrogen and oxygen atoms in total. The standard InChI is InChI=1S/C17H18IN5O5/c18-9-3-1-2-8(12(9)25)4-19-15-11-16(21-6-20-15)23(7-22-11)17-14(27)13(26)10(5-24)28-17/h1-3,6-7,10,13-14,17,24-27H,4-5H2,(H,19,20,21)/t10-,13-,14-,17?/m1/s1. The summed E-state index contributed by atoms with van der Waals surface area (Å²) in [5.41, 5.74) is 1.56. The Morgan fingerprint density at radius 3 is 2.75 bits per heavy atom. The molecule has 0 radical (unpaired) electrons. The number of imidazole rings is 1. The Balaban J connectivity index is 1.61. The second-order valence-corrected chi connectivity index (χ2v) is 7.54. The van der Waals surface area contributed by atoms with Crippen molar-refractivity contribution in [3.8, 4) is 5.75 Å². The van der Waals surface area contributed by atoms with Gasteiger partial charge in [0, 0.05) is 12.1 Å². The van der Waals surface area contributed by atoms with Gasteiger partial charge in [0.25, 0.3) is 0 Å². The number of para-hydroxylation sites is 1. The van der Waals surface area contributed by atoms with Gasteiger partial charge < -0.3 is 30.5 Å². The topological polar surface area (TPSA) is 146 Å². The first kappa shape index (κ1) is 19.3. The van der Waals surface area contributed by atoms with Crippen molar-refractivity contribution in [2.45, 2.75) is 31.1 Å². The summed E-state index contributed by atoms with van der Waals surface area (Å²) in [6.45, 7) is -0.0853. The number of fused-ring (bicyclic) bond motifs is 1. The van der Waals surface area contributed by atoms with E-state index in [2.05, 4.69) is 42.9 Å². The zero-order valence-corrected chi connectivity index (χ0v) is 16.6. The van der Waals surface area contributed by atoms with Crippen LogP contribution in [0.1, 0.15) is 11.8 Å². The van der Waals surface area contributed by atoms with Gasteiger partial charge in [0.1, 0.15) is 30.4 Å². The van der Waals surface area contributed by atoms with Crippen molar-refractivity contribution in [1.29, 1.82) is 0 Å². The number of anilines is 1. The largest absolute Gasteiger partial charge is 0.506 e. The molecule has 0 spiro atoms. The van der Waals surface area contributed by atoms with E-state index in [1.54, 1.807) is 6.07 Å². The van der Waals surface area contributed by atoms with Crippen LogP contribution in [0.5, 0.6) is 5.75 Å². The molecule has 3 heterocycles. The van der Waals surface area contributed by atoms with Crippen molar-refractivity contribution in [2.75, 3.05) is 11.9 Å². The number of ether oxygens (including phenoxy) is 1. The summed E-state index contributed by atoms with van der Waals surface area (Å²) in [7, 11) is 0. The maximum Gasteiger partial charge on any atom is 0.167 e. The predicted octanol–water partition coefficient (Wildman–Crippen LogP) is 0.360. The van der Waals surface area contributed by atoms with Gasteiger partial charge in [0.2, 0.25) is 0 Å². The Bertz CT molecular complexity index is 999. The van der Waals surface area contributed by atoms with Crippen molar-refractivity contribution in [2.24, 2.45) is 0 Å². The lowest BCUT2D eigenvalue weighted by Gasteiger charge is -2.16. The monoisotopic (exact) mass is 499 g/mol. The number of hydrogen-bond acceptors (Lipinski definition) is 9. The van der Waals surface area contributed by atoms with Crippen LogP contribution in [0.4, 0.5) is 5.82 Å². The Kier molecular flexibility index (Phi) is 5.33. The summed E-state index contributed by atoms with van der Waals surface area (Å²) >= 11 is 2.06. The highest BCUT2D eigenvalue weighted by molar-refractivity contribution is 14.1. The molecule has 2 aromatic heterocycles. The third-order valence-corrected chi connectivity index (χ3v) is 5.54. The molecule has 1 aliphatic rings. The van der Waals surface area contributed by atoms with Crippen molar-refractivity contribution in [3.63, 3.8) is 0 Å². The molecule has 1 aliphatic heterocycles. The summed E-state index contributed by atoms with van der Waals surface area (Å²) < 4.78 is 7.79. The highest BCUT2D eigenvalue weighted by Crippen LogP contribution is 2.32. The van der Waals surface area contributed by atoms with Crippen LogP contribution in [0.3, 0.4) is 0 Å². The van der Waals surface area contributed by atoms with Gasteiger partial charge in [-0.25, -0.2) is 15.0 Å². The summed E-state index contributed by atoms with van der Waals surface area (Å²) in [6, 6.07) is 5.47. The number of aromatic hydroxyl groups is 1. The highest BCUT2D eigenvalue weighted by atomic mass is 127. The van der Waals surface area contributed by atoms with E-state index in [0.29, 0.717) is 29.1 Å². The molecular formula is C17H18IN5O5. The van der Waals surface area contributed by atoms with E-state index >= 15 is 0 Å². The van der Waals surface area contributed by atoms with E-state index in [1.165, 1.54) is 17.2 Å². The van der Waals surface area contributed by atoms with E-state index in [-0.39, 0.29) is 5.75 Å². The van der Waals surface area contributed by atoms with Crippen molar-refractivity contribution in [3.05, 3.63) is 40.0 Å². The highest BCUT2D eigenvalue weighted by Gasteiger charge is 2.44. The molecular weight excluding hydrogens is 481 g/mol. The van der Waals surface area contributed by atoms with E-state index < -0.39 is 31.1 Å². The molecule has 0 saturated carbocycles. The zero-order chi connectivity index (χ0) is 19.8. The van der Waals surface area contributed by atoms with Crippen LogP contribution in [0.15, 0.2) is 30.9 Å². The summed E-state index contributed by atoms with van der Waals surface area (Å²) in [6.07, 6.45) is -1.48. The van der Waals surface area contributed by atoms with Gasteiger partial charge in [-0.15, -0.1) is 0 Å². The van der Waals surface area contributed by atoms with Gasteiger partial charge in [-0.05, 0) is 28.7 Å². The fourth-order valence-electron chi connectivity index (χ4n) is 3.16. The average Bonchev–Trinajstić information content (AvgIpc) is 3.25. The van der Waals surface area contributed by atoms with Crippen molar-refractivity contribution in [1.82, 2.24) is 19.5 Å². The minimum atomic E-state index is -1.23. The van der Waals surface area contributed by atoms with Gasteiger partial charge in [-0.2, -0.15) is 0 Å². The van der Waals surface area contributed by atoms with Gasteiger partial charge in [-0.3, -0.25) is 4.57 Å². The summed E-state index contributed by atoms with van der Waals surface area (Å²) in [5, 5.41) is 42.8. The molecule has 1 unspecified atom stereocenters. The van der Waals surface area contributed by atoms with E-state index in [0.717, 1.165) is 3.57 Å². The number of aliphatic hydroxyl groups is 3. The third-order valence-electron chi connectivity index (χ3n) is 4.67. The molecule has 4 rings (SSSR count). The molecule has 0 bridgehead atoms. The second-order valence-electron chi connectivity index (χ2n) is 6.38. The zero-order valence-electron chi connectivity index (χ0n) is 14.5. The van der Waals surface area contributed by atoms with Crippen LogP contribution in [0.2, 0.25) is 0 Å². The number of nitrogens with zero attached hydrogens (tertiary/aromatic N) is 4. The minimum Gasteiger partial charge on any atom is -0.506 e.